The zero-order valence-corrected chi connectivity index (χ0v) is 20.9. The lowest BCUT2D eigenvalue weighted by Gasteiger charge is -2.37. The molecular formula is C25H30F4N6S. The van der Waals surface area contributed by atoms with Crippen molar-refractivity contribution in [2.24, 2.45) is 10.8 Å². The van der Waals surface area contributed by atoms with Gasteiger partial charge in [-0.3, -0.25) is 5.43 Å². The van der Waals surface area contributed by atoms with Crippen molar-refractivity contribution in [3.05, 3.63) is 58.9 Å². The molecule has 36 heavy (non-hydrogen) atoms. The third-order valence-electron chi connectivity index (χ3n) is 6.86. The summed E-state index contributed by atoms with van der Waals surface area (Å²) in [5.41, 5.74) is 10.2. The maximum absolute atomic E-state index is 15.3. The van der Waals surface area contributed by atoms with Gasteiger partial charge in [0.05, 0.1) is 17.5 Å². The van der Waals surface area contributed by atoms with Crippen molar-refractivity contribution in [2.75, 3.05) is 56.1 Å². The summed E-state index contributed by atoms with van der Waals surface area (Å²) in [7, 11) is 2.07. The van der Waals surface area contributed by atoms with Crippen molar-refractivity contribution in [1.82, 2.24) is 10.3 Å². The van der Waals surface area contributed by atoms with Crippen molar-refractivity contribution in [3.8, 4) is 0 Å². The number of halogens is 4. The van der Waals surface area contributed by atoms with Gasteiger partial charge in [0.1, 0.15) is 5.82 Å². The van der Waals surface area contributed by atoms with Crippen molar-refractivity contribution in [1.29, 1.82) is 0 Å². The number of benzene rings is 2. The summed E-state index contributed by atoms with van der Waals surface area (Å²) in [6, 6.07) is 8.75. The number of alkyl halides is 3. The fourth-order valence-electron chi connectivity index (χ4n) is 4.80. The number of hydrogen-bond acceptors (Lipinski definition) is 5. The molecule has 0 bridgehead atoms. The number of likely N-dealkylation sites (N-methyl/N-ethyl adjacent to an activating group) is 1. The molecule has 2 aromatic carbocycles. The average molecular weight is 523 g/mol. The summed E-state index contributed by atoms with van der Waals surface area (Å²) < 4.78 is 54.0. The van der Waals surface area contributed by atoms with E-state index in [1.165, 1.54) is 12.3 Å². The minimum atomic E-state index is -4.34. The molecule has 2 fully saturated rings. The fraction of sp³-hybridized carbons (Fsp3) is 0.440. The Bertz CT molecular complexity index is 1090. The normalized spacial score (nSPS) is 18.1. The van der Waals surface area contributed by atoms with Crippen LogP contribution in [0.25, 0.3) is 0 Å². The van der Waals surface area contributed by atoms with Crippen molar-refractivity contribution in [2.45, 2.75) is 24.9 Å². The molecule has 0 amide bonds. The second-order valence-electron chi connectivity index (χ2n) is 9.27. The third kappa shape index (κ3) is 6.25. The summed E-state index contributed by atoms with van der Waals surface area (Å²) >= 11 is 4.79. The lowest BCUT2D eigenvalue weighted by atomic mass is 9.88. The van der Waals surface area contributed by atoms with Gasteiger partial charge in [0, 0.05) is 50.5 Å². The molecule has 0 unspecified atom stereocenters. The van der Waals surface area contributed by atoms with Gasteiger partial charge in [-0.15, -0.1) is 0 Å². The second kappa shape index (κ2) is 11.0. The number of nitrogens with zero attached hydrogens (tertiary/aromatic N) is 4. The van der Waals surface area contributed by atoms with Gasteiger partial charge in [-0.25, -0.2) is 4.39 Å². The van der Waals surface area contributed by atoms with Gasteiger partial charge in [0.15, 0.2) is 5.11 Å². The zero-order chi connectivity index (χ0) is 25.9. The first-order valence-electron chi connectivity index (χ1n) is 11.9. The van der Waals surface area contributed by atoms with E-state index in [0.29, 0.717) is 24.3 Å². The molecule has 2 aliphatic rings. The summed E-state index contributed by atoms with van der Waals surface area (Å²) in [4.78, 5) is 6.48. The van der Waals surface area contributed by atoms with E-state index in [4.69, 9.17) is 18.0 Å². The summed E-state index contributed by atoms with van der Waals surface area (Å²) in [6.45, 7) is 4.63. The van der Waals surface area contributed by atoms with Gasteiger partial charge in [0.2, 0.25) is 0 Å². The molecule has 194 valence electrons. The van der Waals surface area contributed by atoms with Crippen LogP contribution < -0.4 is 21.0 Å². The number of anilines is 2. The first kappa shape index (κ1) is 26.2. The Morgan fingerprint density at radius 3 is 2.19 bits per heavy atom. The van der Waals surface area contributed by atoms with E-state index in [0.717, 1.165) is 62.4 Å². The van der Waals surface area contributed by atoms with Gasteiger partial charge < -0.3 is 20.4 Å². The molecular weight excluding hydrogens is 492 g/mol. The van der Waals surface area contributed by atoms with E-state index in [1.54, 1.807) is 12.1 Å². The molecule has 3 N–H and O–H groups in total. The standard InChI is InChI=1S/C25H30F4N6S/c1-33-10-12-35(13-11-33)22-15-23(21(26)14-19(22)16-31-32-24(30)36)34-8-6-18(7-9-34)17-2-4-20(5-3-17)25(27,28)29/h2-5,14-16,18H,6-13H2,1H3,(H3,30,32,36). The smallest absolute Gasteiger partial charge is 0.375 e. The Morgan fingerprint density at radius 1 is 1.00 bits per heavy atom. The Kier molecular flexibility index (Phi) is 7.99. The van der Waals surface area contributed by atoms with E-state index in [-0.39, 0.29) is 16.8 Å². The van der Waals surface area contributed by atoms with Crippen LogP contribution in [0.5, 0.6) is 0 Å². The first-order valence-corrected chi connectivity index (χ1v) is 12.3. The van der Waals surface area contributed by atoms with Crippen LogP contribution in [0.3, 0.4) is 0 Å². The Morgan fingerprint density at radius 2 is 1.61 bits per heavy atom. The predicted molar refractivity (Wildman–Crippen MR) is 139 cm³/mol. The van der Waals surface area contributed by atoms with Crippen LogP contribution in [0.4, 0.5) is 28.9 Å². The predicted octanol–water partition coefficient (Wildman–Crippen LogP) is 4.15. The number of thiocarbonyl (C=S) groups is 1. The van der Waals surface area contributed by atoms with Crippen molar-refractivity contribution in [3.63, 3.8) is 0 Å². The Labute approximate surface area is 213 Å². The molecule has 0 radical (unpaired) electrons. The SMILES string of the molecule is CN1CCN(c2cc(N3CCC(c4ccc(C(F)(F)F)cc4)CC3)c(F)cc2C=NNC(N)=S)CC1. The number of nitrogens with one attached hydrogen (secondary N) is 1. The lowest BCUT2D eigenvalue weighted by molar-refractivity contribution is -0.137. The maximum Gasteiger partial charge on any atom is 0.416 e. The van der Waals surface area contributed by atoms with Crippen LogP contribution in [0.2, 0.25) is 0 Å². The van der Waals surface area contributed by atoms with Crippen LogP contribution in [-0.4, -0.2) is 62.5 Å². The number of hydrazone groups is 1. The molecule has 11 heteroatoms. The molecule has 2 saturated heterocycles. The van der Waals surface area contributed by atoms with Gasteiger partial charge in [-0.05, 0) is 67.9 Å². The molecule has 2 aliphatic heterocycles. The molecule has 4 rings (SSSR count). The van der Waals surface area contributed by atoms with Crippen molar-refractivity contribution < 1.29 is 17.6 Å². The van der Waals surface area contributed by atoms with Gasteiger partial charge in [0.25, 0.3) is 0 Å². The molecule has 2 aromatic rings. The van der Waals surface area contributed by atoms with Gasteiger partial charge in [-0.1, -0.05) is 12.1 Å². The van der Waals surface area contributed by atoms with Crippen LogP contribution >= 0.6 is 12.2 Å². The largest absolute Gasteiger partial charge is 0.416 e. The summed E-state index contributed by atoms with van der Waals surface area (Å²) in [6.07, 6.45) is -1.36. The second-order valence-corrected chi connectivity index (χ2v) is 9.71. The minimum Gasteiger partial charge on any atom is -0.375 e. The Hall–Kier alpha value is -2.92. The number of nitrogens with two attached hydrogens (primary N) is 1. The van der Waals surface area contributed by atoms with E-state index < -0.39 is 11.7 Å². The van der Waals surface area contributed by atoms with E-state index in [9.17, 15) is 13.2 Å². The quantitative estimate of drug-likeness (QED) is 0.266. The molecule has 2 heterocycles. The lowest BCUT2D eigenvalue weighted by Crippen LogP contribution is -2.45. The molecule has 0 spiro atoms. The highest BCUT2D eigenvalue weighted by Gasteiger charge is 2.31. The van der Waals surface area contributed by atoms with Crippen LogP contribution in [0, 0.1) is 5.82 Å². The van der Waals surface area contributed by atoms with E-state index in [1.807, 2.05) is 11.0 Å². The van der Waals surface area contributed by atoms with Gasteiger partial charge in [-0.2, -0.15) is 18.3 Å². The average Bonchev–Trinajstić information content (AvgIpc) is 2.84. The highest BCUT2D eigenvalue weighted by Crippen LogP contribution is 2.36. The highest BCUT2D eigenvalue weighted by molar-refractivity contribution is 7.80. The first-order chi connectivity index (χ1) is 17.1. The van der Waals surface area contributed by atoms with Crippen LogP contribution in [0.1, 0.15) is 35.4 Å². The van der Waals surface area contributed by atoms with Gasteiger partial charge >= 0.3 is 6.18 Å². The molecule has 0 saturated carbocycles. The summed E-state index contributed by atoms with van der Waals surface area (Å²) in [5, 5.41) is 4.06. The van der Waals surface area contributed by atoms with Crippen LogP contribution in [-0.2, 0) is 6.18 Å². The topological polar surface area (TPSA) is 60.1 Å². The van der Waals surface area contributed by atoms with E-state index >= 15 is 4.39 Å². The van der Waals surface area contributed by atoms with Crippen LogP contribution in [0.15, 0.2) is 41.5 Å². The minimum absolute atomic E-state index is 0.0282. The van der Waals surface area contributed by atoms with Crippen molar-refractivity contribution >= 4 is 34.9 Å². The zero-order valence-electron chi connectivity index (χ0n) is 20.1. The van der Waals surface area contributed by atoms with E-state index in [2.05, 4.69) is 27.4 Å². The number of hydrogen-bond donors (Lipinski definition) is 2. The number of piperazine rings is 1. The highest BCUT2D eigenvalue weighted by atomic mass is 32.1. The third-order valence-corrected chi connectivity index (χ3v) is 6.95. The molecule has 0 aliphatic carbocycles. The molecule has 6 nitrogen and oxygen atoms in total. The molecule has 0 aromatic heterocycles. The number of rotatable bonds is 5. The maximum atomic E-state index is 15.3. The fourth-order valence-corrected chi connectivity index (χ4v) is 4.85. The Balaban J connectivity index is 1.52. The monoisotopic (exact) mass is 522 g/mol. The summed E-state index contributed by atoms with van der Waals surface area (Å²) in [5.74, 6) is -0.209. The number of piperidine rings is 1. The molecule has 0 atom stereocenters.